The zero-order valence-corrected chi connectivity index (χ0v) is 18.1. The Bertz CT molecular complexity index is 1340. The minimum absolute atomic E-state index is 0.0239. The van der Waals surface area contributed by atoms with Gasteiger partial charge in [0.2, 0.25) is 0 Å². The monoisotopic (exact) mass is 449 g/mol. The van der Waals surface area contributed by atoms with E-state index >= 15 is 0 Å². The molecule has 1 aliphatic heterocycles. The van der Waals surface area contributed by atoms with E-state index in [1.54, 1.807) is 23.5 Å². The summed E-state index contributed by atoms with van der Waals surface area (Å²) in [7, 11) is 0. The van der Waals surface area contributed by atoms with Crippen molar-refractivity contribution >= 4 is 45.5 Å². The van der Waals surface area contributed by atoms with Gasteiger partial charge in [0.25, 0.3) is 5.91 Å². The second-order valence-corrected chi connectivity index (χ2v) is 8.74. The number of carbonyl (C=O) groups is 1. The molecule has 0 spiro atoms. The van der Waals surface area contributed by atoms with Gasteiger partial charge in [0, 0.05) is 17.4 Å². The van der Waals surface area contributed by atoms with Crippen LogP contribution in [0.25, 0.3) is 10.9 Å². The van der Waals surface area contributed by atoms with Gasteiger partial charge in [0.05, 0.1) is 27.7 Å². The van der Waals surface area contributed by atoms with Gasteiger partial charge in [0.15, 0.2) is 0 Å². The van der Waals surface area contributed by atoms with Crippen LogP contribution in [0.3, 0.4) is 0 Å². The average Bonchev–Trinajstić information content (AvgIpc) is 3.43. The number of carbonyl (C=O) groups excluding carboxylic acids is 1. The SMILES string of the molecule is Cc1ccc2cc(C3CC(c4cccs4)=NN3C(=O)c3ccccc3F)c(Cl)nc2c1. The van der Waals surface area contributed by atoms with Crippen molar-refractivity contribution < 1.29 is 9.18 Å². The Morgan fingerprint density at radius 1 is 1.16 bits per heavy atom. The van der Waals surface area contributed by atoms with Crippen LogP contribution in [0.5, 0.6) is 0 Å². The summed E-state index contributed by atoms with van der Waals surface area (Å²) in [5, 5.41) is 9.14. The van der Waals surface area contributed by atoms with Gasteiger partial charge >= 0.3 is 0 Å². The Labute approximate surface area is 187 Å². The zero-order chi connectivity index (χ0) is 21.5. The molecule has 0 N–H and O–H groups in total. The van der Waals surface area contributed by atoms with E-state index in [-0.39, 0.29) is 5.56 Å². The molecule has 154 valence electrons. The minimum atomic E-state index is -0.579. The molecule has 3 heterocycles. The number of aryl methyl sites for hydroxylation is 1. The van der Waals surface area contributed by atoms with Crippen LogP contribution in [0.15, 0.2) is 71.1 Å². The fourth-order valence-corrected chi connectivity index (χ4v) is 4.79. The van der Waals surface area contributed by atoms with Crippen molar-refractivity contribution in [2.75, 3.05) is 0 Å². The highest BCUT2D eigenvalue weighted by Gasteiger charge is 2.36. The summed E-state index contributed by atoms with van der Waals surface area (Å²) < 4.78 is 14.4. The molecule has 0 fully saturated rings. The molecule has 0 saturated carbocycles. The second kappa shape index (κ2) is 7.87. The van der Waals surface area contributed by atoms with E-state index in [2.05, 4.69) is 10.1 Å². The van der Waals surface area contributed by atoms with E-state index in [1.807, 2.05) is 48.7 Å². The minimum Gasteiger partial charge on any atom is -0.267 e. The Balaban J connectivity index is 1.62. The third kappa shape index (κ3) is 3.62. The molecule has 0 saturated heterocycles. The quantitative estimate of drug-likeness (QED) is 0.340. The Morgan fingerprint density at radius 2 is 2.00 bits per heavy atom. The predicted octanol–water partition coefficient (Wildman–Crippen LogP) is 6.39. The number of nitrogens with zero attached hydrogens (tertiary/aromatic N) is 3. The van der Waals surface area contributed by atoms with E-state index in [9.17, 15) is 9.18 Å². The van der Waals surface area contributed by atoms with E-state index in [1.165, 1.54) is 17.1 Å². The summed E-state index contributed by atoms with van der Waals surface area (Å²) in [5.41, 5.74) is 3.31. The number of pyridine rings is 1. The van der Waals surface area contributed by atoms with Crippen LogP contribution in [0, 0.1) is 12.7 Å². The highest BCUT2D eigenvalue weighted by atomic mass is 35.5. The maximum atomic E-state index is 14.4. The van der Waals surface area contributed by atoms with E-state index in [0.717, 1.165) is 27.1 Å². The highest BCUT2D eigenvalue weighted by Crippen LogP contribution is 2.38. The summed E-state index contributed by atoms with van der Waals surface area (Å²) in [6.07, 6.45) is 0.472. The third-order valence-electron chi connectivity index (χ3n) is 5.34. The largest absolute Gasteiger partial charge is 0.277 e. The van der Waals surface area contributed by atoms with Gasteiger partial charge in [0.1, 0.15) is 11.0 Å². The maximum Gasteiger partial charge on any atom is 0.277 e. The van der Waals surface area contributed by atoms with Crippen molar-refractivity contribution in [3.63, 3.8) is 0 Å². The first kappa shape index (κ1) is 19.8. The van der Waals surface area contributed by atoms with Crippen LogP contribution in [0.2, 0.25) is 5.15 Å². The van der Waals surface area contributed by atoms with Gasteiger partial charge in [-0.25, -0.2) is 14.4 Å². The molecule has 31 heavy (non-hydrogen) atoms. The Kier molecular flexibility index (Phi) is 5.04. The lowest BCUT2D eigenvalue weighted by atomic mass is 10.00. The number of benzene rings is 2. The molecule has 0 radical (unpaired) electrons. The van der Waals surface area contributed by atoms with Gasteiger partial charge < -0.3 is 0 Å². The smallest absolute Gasteiger partial charge is 0.267 e. The van der Waals surface area contributed by atoms with E-state index < -0.39 is 17.8 Å². The third-order valence-corrected chi connectivity index (χ3v) is 6.56. The molecule has 1 aliphatic rings. The molecule has 5 rings (SSSR count). The fraction of sp³-hybridized carbons (Fsp3) is 0.125. The van der Waals surface area contributed by atoms with Crippen LogP contribution in [0.4, 0.5) is 4.39 Å². The van der Waals surface area contributed by atoms with Crippen LogP contribution in [0.1, 0.15) is 38.8 Å². The lowest BCUT2D eigenvalue weighted by molar-refractivity contribution is 0.0706. The van der Waals surface area contributed by atoms with Gasteiger partial charge in [-0.05, 0) is 48.2 Å². The topological polar surface area (TPSA) is 45.6 Å². The summed E-state index contributed by atoms with van der Waals surface area (Å²) >= 11 is 8.13. The molecule has 4 nitrogen and oxygen atoms in total. The number of rotatable bonds is 3. The van der Waals surface area contributed by atoms with E-state index in [0.29, 0.717) is 17.1 Å². The van der Waals surface area contributed by atoms with Crippen molar-refractivity contribution in [2.45, 2.75) is 19.4 Å². The van der Waals surface area contributed by atoms with Gasteiger partial charge in [-0.2, -0.15) is 5.10 Å². The molecule has 1 amide bonds. The molecule has 2 aromatic heterocycles. The van der Waals surface area contributed by atoms with Gasteiger partial charge in [-0.1, -0.05) is 41.9 Å². The molecule has 0 aliphatic carbocycles. The molecule has 1 atom stereocenters. The summed E-state index contributed by atoms with van der Waals surface area (Å²) in [6, 6.07) is 17.3. The zero-order valence-electron chi connectivity index (χ0n) is 16.5. The normalized spacial score (nSPS) is 16.0. The maximum absolute atomic E-state index is 14.4. The first-order valence-electron chi connectivity index (χ1n) is 9.77. The number of hydrogen-bond acceptors (Lipinski definition) is 4. The molecule has 1 unspecified atom stereocenters. The summed E-state index contributed by atoms with van der Waals surface area (Å²) in [6.45, 7) is 2.00. The molecule has 2 aromatic carbocycles. The van der Waals surface area contributed by atoms with Crippen molar-refractivity contribution in [2.24, 2.45) is 5.10 Å². The average molecular weight is 450 g/mol. The van der Waals surface area contributed by atoms with Crippen molar-refractivity contribution in [1.29, 1.82) is 0 Å². The molecule has 0 bridgehead atoms. The Hall–Kier alpha value is -3.09. The number of hydrogen-bond donors (Lipinski definition) is 0. The number of thiophene rings is 1. The molecular weight excluding hydrogens is 433 g/mol. The lowest BCUT2D eigenvalue weighted by Crippen LogP contribution is -2.28. The summed E-state index contributed by atoms with van der Waals surface area (Å²) in [4.78, 5) is 18.8. The van der Waals surface area contributed by atoms with Gasteiger partial charge in [-0.15, -0.1) is 11.3 Å². The first-order chi connectivity index (χ1) is 15.0. The number of amides is 1. The number of halogens is 2. The van der Waals surface area contributed by atoms with Crippen molar-refractivity contribution in [1.82, 2.24) is 9.99 Å². The molecule has 4 aromatic rings. The van der Waals surface area contributed by atoms with Crippen LogP contribution >= 0.6 is 22.9 Å². The second-order valence-electron chi connectivity index (χ2n) is 7.44. The number of aromatic nitrogens is 1. The fourth-order valence-electron chi connectivity index (χ4n) is 3.79. The van der Waals surface area contributed by atoms with Gasteiger partial charge in [-0.3, -0.25) is 4.79 Å². The van der Waals surface area contributed by atoms with Crippen LogP contribution < -0.4 is 0 Å². The number of fused-ring (bicyclic) bond motifs is 1. The Morgan fingerprint density at radius 3 is 2.77 bits per heavy atom. The standard InChI is InChI=1S/C24H17ClFN3OS/c1-14-8-9-15-12-17(23(25)27-19(15)11-14)21-13-20(22-7-4-10-31-22)28-29(21)24(30)16-5-2-3-6-18(16)26/h2-12,21H,13H2,1H3. The number of hydrazone groups is 1. The van der Waals surface area contributed by atoms with Crippen molar-refractivity contribution in [3.05, 3.63) is 98.6 Å². The van der Waals surface area contributed by atoms with Crippen LogP contribution in [-0.2, 0) is 0 Å². The molecule has 7 heteroatoms. The van der Waals surface area contributed by atoms with Crippen molar-refractivity contribution in [3.8, 4) is 0 Å². The van der Waals surface area contributed by atoms with E-state index in [4.69, 9.17) is 11.6 Å². The van der Waals surface area contributed by atoms with Crippen LogP contribution in [-0.4, -0.2) is 21.6 Å². The highest BCUT2D eigenvalue weighted by molar-refractivity contribution is 7.12. The molecular formula is C24H17ClFN3OS. The predicted molar refractivity (Wildman–Crippen MR) is 122 cm³/mol. The first-order valence-corrected chi connectivity index (χ1v) is 11.0. The summed E-state index contributed by atoms with van der Waals surface area (Å²) in [5.74, 6) is -1.08. The lowest BCUT2D eigenvalue weighted by Gasteiger charge is -2.23.